The summed E-state index contributed by atoms with van der Waals surface area (Å²) in [6.45, 7) is 3.64. The summed E-state index contributed by atoms with van der Waals surface area (Å²) in [5.74, 6) is -0.467. The van der Waals surface area contributed by atoms with E-state index in [1.165, 1.54) is 11.4 Å². The van der Waals surface area contributed by atoms with Crippen molar-refractivity contribution in [3.05, 3.63) is 29.8 Å². The van der Waals surface area contributed by atoms with Crippen molar-refractivity contribution >= 4 is 16.0 Å². The fourth-order valence-electron chi connectivity index (χ4n) is 4.61. The molecular formula is C19H27NO4S. The summed E-state index contributed by atoms with van der Waals surface area (Å²) in [4.78, 5) is 12.8. The Kier molecular flexibility index (Phi) is 4.71. The molecule has 1 spiro atoms. The smallest absolute Gasteiger partial charge is 0.327 e. The third kappa shape index (κ3) is 2.89. The molecular weight excluding hydrogens is 338 g/mol. The van der Waals surface area contributed by atoms with Crippen LogP contribution in [0.2, 0.25) is 0 Å². The van der Waals surface area contributed by atoms with Gasteiger partial charge in [-0.3, -0.25) is 4.79 Å². The standard InChI is InChI=1S/C19H27NO4S/c1-15-7-9-16(10-8-15)25(22,23)20-18(2,17(21)24-3)13-14-19(20)11-5-4-6-12-19/h7-10H,4-6,11-14H2,1-3H3. The van der Waals surface area contributed by atoms with Gasteiger partial charge in [0.25, 0.3) is 0 Å². The topological polar surface area (TPSA) is 63.7 Å². The zero-order valence-corrected chi connectivity index (χ0v) is 16.1. The van der Waals surface area contributed by atoms with Crippen molar-refractivity contribution in [2.24, 2.45) is 0 Å². The van der Waals surface area contributed by atoms with Gasteiger partial charge in [0.05, 0.1) is 12.0 Å². The zero-order valence-electron chi connectivity index (χ0n) is 15.2. The lowest BCUT2D eigenvalue weighted by Crippen LogP contribution is -2.59. The number of carbonyl (C=O) groups excluding carboxylic acids is 1. The first kappa shape index (κ1) is 18.4. The van der Waals surface area contributed by atoms with E-state index in [9.17, 15) is 13.2 Å². The Morgan fingerprint density at radius 3 is 2.20 bits per heavy atom. The van der Waals surface area contributed by atoms with Gasteiger partial charge in [0.15, 0.2) is 0 Å². The van der Waals surface area contributed by atoms with E-state index in [0.29, 0.717) is 12.8 Å². The number of rotatable bonds is 3. The number of ether oxygens (including phenoxy) is 1. The van der Waals surface area contributed by atoms with Crippen LogP contribution < -0.4 is 0 Å². The van der Waals surface area contributed by atoms with Crippen molar-refractivity contribution < 1.29 is 17.9 Å². The third-order valence-corrected chi connectivity index (χ3v) is 8.06. The van der Waals surface area contributed by atoms with Crippen molar-refractivity contribution in [2.45, 2.75) is 74.8 Å². The molecule has 0 bridgehead atoms. The second kappa shape index (κ2) is 6.40. The maximum Gasteiger partial charge on any atom is 0.327 e. The lowest BCUT2D eigenvalue weighted by molar-refractivity contribution is -0.151. The largest absolute Gasteiger partial charge is 0.468 e. The molecule has 1 atom stereocenters. The van der Waals surface area contributed by atoms with Gasteiger partial charge in [0.1, 0.15) is 5.54 Å². The highest BCUT2D eigenvalue weighted by molar-refractivity contribution is 7.89. The summed E-state index contributed by atoms with van der Waals surface area (Å²) in [6.07, 6.45) is 5.95. The molecule has 138 valence electrons. The molecule has 1 saturated carbocycles. The van der Waals surface area contributed by atoms with E-state index in [0.717, 1.165) is 37.7 Å². The maximum atomic E-state index is 13.6. The number of nitrogens with zero attached hydrogens (tertiary/aromatic N) is 1. The van der Waals surface area contributed by atoms with Crippen LogP contribution in [0.4, 0.5) is 0 Å². The van der Waals surface area contributed by atoms with E-state index < -0.39 is 27.1 Å². The lowest BCUT2D eigenvalue weighted by Gasteiger charge is -2.45. The van der Waals surface area contributed by atoms with Gasteiger partial charge in [0, 0.05) is 5.54 Å². The maximum absolute atomic E-state index is 13.6. The highest BCUT2D eigenvalue weighted by Crippen LogP contribution is 2.51. The monoisotopic (exact) mass is 365 g/mol. The molecule has 1 aliphatic carbocycles. The predicted octanol–water partition coefficient (Wildman–Crippen LogP) is 3.41. The summed E-state index contributed by atoms with van der Waals surface area (Å²) in [5, 5.41) is 0. The Morgan fingerprint density at radius 2 is 1.64 bits per heavy atom. The zero-order chi connectivity index (χ0) is 18.3. The number of aryl methyl sites for hydroxylation is 1. The highest BCUT2D eigenvalue weighted by atomic mass is 32.2. The van der Waals surface area contributed by atoms with Crippen molar-refractivity contribution in [3.8, 4) is 0 Å². The first-order chi connectivity index (χ1) is 11.8. The molecule has 1 aromatic carbocycles. The fourth-order valence-corrected chi connectivity index (χ4v) is 6.78. The Bertz CT molecular complexity index is 750. The fraction of sp³-hybridized carbons (Fsp3) is 0.632. The van der Waals surface area contributed by atoms with E-state index in [-0.39, 0.29) is 4.90 Å². The Labute approximate surface area is 150 Å². The number of carbonyl (C=O) groups is 1. The van der Waals surface area contributed by atoms with Crippen LogP contribution in [0, 0.1) is 6.92 Å². The molecule has 1 aromatic rings. The number of methoxy groups -OCH3 is 1. The quantitative estimate of drug-likeness (QED) is 0.770. The molecule has 0 amide bonds. The molecule has 0 N–H and O–H groups in total. The molecule has 5 nitrogen and oxygen atoms in total. The van der Waals surface area contributed by atoms with Crippen LogP contribution in [0.25, 0.3) is 0 Å². The minimum Gasteiger partial charge on any atom is -0.468 e. The molecule has 1 heterocycles. The minimum absolute atomic E-state index is 0.250. The summed E-state index contributed by atoms with van der Waals surface area (Å²) < 4.78 is 33.7. The van der Waals surface area contributed by atoms with Crippen LogP contribution in [-0.2, 0) is 19.6 Å². The molecule has 3 rings (SSSR count). The second-order valence-electron chi connectivity index (χ2n) is 7.63. The van der Waals surface area contributed by atoms with Crippen LogP contribution in [0.1, 0.15) is 57.4 Å². The summed E-state index contributed by atoms with van der Waals surface area (Å²) in [7, 11) is -2.46. The van der Waals surface area contributed by atoms with E-state index >= 15 is 0 Å². The average molecular weight is 365 g/mol. The summed E-state index contributed by atoms with van der Waals surface area (Å²) in [5.41, 5.74) is -0.607. The minimum atomic E-state index is -3.79. The number of hydrogen-bond donors (Lipinski definition) is 0. The van der Waals surface area contributed by atoms with Crippen molar-refractivity contribution in [2.75, 3.05) is 7.11 Å². The molecule has 1 unspecified atom stereocenters. The number of esters is 1. The lowest BCUT2D eigenvalue weighted by atomic mass is 9.81. The molecule has 2 fully saturated rings. The summed E-state index contributed by atoms with van der Waals surface area (Å²) >= 11 is 0. The molecule has 25 heavy (non-hydrogen) atoms. The molecule has 2 aliphatic rings. The average Bonchev–Trinajstić information content (AvgIpc) is 2.89. The second-order valence-corrected chi connectivity index (χ2v) is 9.42. The SMILES string of the molecule is COC(=O)C1(C)CCC2(CCCCC2)N1S(=O)(=O)c1ccc(C)cc1. The Balaban J connectivity index is 2.14. The van der Waals surface area contributed by atoms with Crippen LogP contribution in [0.3, 0.4) is 0 Å². The number of hydrogen-bond acceptors (Lipinski definition) is 4. The van der Waals surface area contributed by atoms with Gasteiger partial charge in [0.2, 0.25) is 10.0 Å². The molecule has 0 aromatic heterocycles. The normalized spacial score (nSPS) is 26.7. The summed E-state index contributed by atoms with van der Waals surface area (Å²) in [6, 6.07) is 6.87. The van der Waals surface area contributed by atoms with Crippen LogP contribution >= 0.6 is 0 Å². The van der Waals surface area contributed by atoms with Gasteiger partial charge < -0.3 is 4.74 Å². The number of sulfonamides is 1. The van der Waals surface area contributed by atoms with E-state index in [2.05, 4.69) is 0 Å². The Morgan fingerprint density at radius 1 is 1.04 bits per heavy atom. The van der Waals surface area contributed by atoms with Gasteiger partial charge in [-0.05, 0) is 51.7 Å². The van der Waals surface area contributed by atoms with Gasteiger partial charge in [-0.2, -0.15) is 4.31 Å². The Hall–Kier alpha value is -1.40. The van der Waals surface area contributed by atoms with Gasteiger partial charge in [-0.25, -0.2) is 8.42 Å². The predicted molar refractivity (Wildman–Crippen MR) is 95.7 cm³/mol. The highest BCUT2D eigenvalue weighted by Gasteiger charge is 2.61. The van der Waals surface area contributed by atoms with Crippen molar-refractivity contribution in [1.29, 1.82) is 0 Å². The first-order valence-corrected chi connectivity index (χ1v) is 10.4. The van der Waals surface area contributed by atoms with E-state index in [4.69, 9.17) is 4.74 Å². The third-order valence-electron chi connectivity index (χ3n) is 5.92. The van der Waals surface area contributed by atoms with Crippen LogP contribution in [0.5, 0.6) is 0 Å². The van der Waals surface area contributed by atoms with Gasteiger partial charge in [-0.1, -0.05) is 37.0 Å². The number of benzene rings is 1. The molecule has 1 saturated heterocycles. The van der Waals surface area contributed by atoms with Crippen molar-refractivity contribution in [3.63, 3.8) is 0 Å². The first-order valence-electron chi connectivity index (χ1n) is 8.97. The molecule has 1 aliphatic heterocycles. The van der Waals surface area contributed by atoms with E-state index in [1.54, 1.807) is 31.2 Å². The van der Waals surface area contributed by atoms with Crippen LogP contribution in [0.15, 0.2) is 29.2 Å². The molecule has 0 radical (unpaired) electrons. The molecule has 6 heteroatoms. The van der Waals surface area contributed by atoms with Crippen molar-refractivity contribution in [1.82, 2.24) is 4.31 Å². The van der Waals surface area contributed by atoms with Gasteiger partial charge >= 0.3 is 5.97 Å². The van der Waals surface area contributed by atoms with Gasteiger partial charge in [-0.15, -0.1) is 0 Å². The van der Waals surface area contributed by atoms with Crippen LogP contribution in [-0.4, -0.2) is 36.9 Å². The van der Waals surface area contributed by atoms with E-state index in [1.807, 2.05) is 6.92 Å².